The molecule has 1 aliphatic carbocycles. The van der Waals surface area contributed by atoms with Crippen molar-refractivity contribution >= 4 is 5.91 Å². The zero-order valence-corrected chi connectivity index (χ0v) is 15.2. The summed E-state index contributed by atoms with van der Waals surface area (Å²) >= 11 is 0. The van der Waals surface area contributed by atoms with Crippen LogP contribution in [0.2, 0.25) is 0 Å². The molecule has 136 valence electrons. The topological polar surface area (TPSA) is 44.8 Å². The van der Waals surface area contributed by atoms with Crippen LogP contribution in [0, 0.1) is 11.8 Å². The predicted octanol–water partition coefficient (Wildman–Crippen LogP) is 1.50. The molecule has 0 aromatic heterocycles. The van der Waals surface area contributed by atoms with Crippen molar-refractivity contribution in [2.75, 3.05) is 46.9 Å². The van der Waals surface area contributed by atoms with Crippen LogP contribution in [-0.4, -0.2) is 74.7 Å². The van der Waals surface area contributed by atoms with Crippen LogP contribution >= 0.6 is 0 Å². The molecule has 3 atom stereocenters. The second kappa shape index (κ2) is 8.45. The van der Waals surface area contributed by atoms with Gasteiger partial charge in [-0.2, -0.15) is 0 Å². The highest BCUT2D eigenvalue weighted by atomic mass is 16.5. The van der Waals surface area contributed by atoms with Crippen molar-refractivity contribution < 1.29 is 9.53 Å². The molecule has 3 aliphatic rings. The van der Waals surface area contributed by atoms with Crippen LogP contribution < -0.4 is 5.32 Å². The molecule has 5 nitrogen and oxygen atoms in total. The van der Waals surface area contributed by atoms with Crippen LogP contribution in [0.3, 0.4) is 0 Å². The van der Waals surface area contributed by atoms with E-state index >= 15 is 0 Å². The van der Waals surface area contributed by atoms with Gasteiger partial charge in [-0.1, -0.05) is 12.2 Å². The summed E-state index contributed by atoms with van der Waals surface area (Å²) in [6.45, 7) is 4.89. The first-order valence-electron chi connectivity index (χ1n) is 9.55. The molecule has 0 spiro atoms. The van der Waals surface area contributed by atoms with Gasteiger partial charge in [0, 0.05) is 56.8 Å². The molecular formula is C19H33N3O2. The second-order valence-electron chi connectivity index (χ2n) is 7.92. The van der Waals surface area contributed by atoms with Gasteiger partial charge in [-0.25, -0.2) is 0 Å². The molecule has 1 N–H and O–H groups in total. The molecule has 0 bridgehead atoms. The van der Waals surface area contributed by atoms with Gasteiger partial charge in [-0.15, -0.1) is 0 Å². The van der Waals surface area contributed by atoms with Gasteiger partial charge in [0.05, 0.1) is 0 Å². The van der Waals surface area contributed by atoms with E-state index in [0.29, 0.717) is 12.0 Å². The van der Waals surface area contributed by atoms with Gasteiger partial charge in [-0.05, 0) is 46.2 Å². The van der Waals surface area contributed by atoms with Gasteiger partial charge >= 0.3 is 0 Å². The molecule has 0 saturated carbocycles. The number of carbonyl (C=O) groups excluding carboxylic acids is 1. The molecular weight excluding hydrogens is 302 g/mol. The van der Waals surface area contributed by atoms with E-state index in [4.69, 9.17) is 4.74 Å². The fourth-order valence-electron chi connectivity index (χ4n) is 4.40. The Labute approximate surface area is 146 Å². The standard InChI is InChI=1S/C19H33N3O2/c1-21(2)12-16-13-22(17-8-10-24-11-9-17)14-18(16)20-19(23)15-6-4-3-5-7-15/h3-4,15-18H,5-14H2,1-2H3,(H,20,23)/t15?,16-,18-/m1/s1. The number of nitrogens with one attached hydrogen (secondary N) is 1. The number of nitrogens with zero attached hydrogens (tertiary/aromatic N) is 2. The molecule has 0 aromatic rings. The summed E-state index contributed by atoms with van der Waals surface area (Å²) in [4.78, 5) is 17.5. The summed E-state index contributed by atoms with van der Waals surface area (Å²) < 4.78 is 5.51. The molecule has 24 heavy (non-hydrogen) atoms. The van der Waals surface area contributed by atoms with E-state index in [2.05, 4.69) is 41.4 Å². The number of ether oxygens (including phenoxy) is 1. The summed E-state index contributed by atoms with van der Waals surface area (Å²) in [6, 6.07) is 0.913. The van der Waals surface area contributed by atoms with E-state index in [0.717, 1.165) is 65.0 Å². The van der Waals surface area contributed by atoms with Crippen LogP contribution in [0.5, 0.6) is 0 Å². The van der Waals surface area contributed by atoms with E-state index in [1.807, 2.05) is 0 Å². The number of hydrogen-bond acceptors (Lipinski definition) is 4. The largest absolute Gasteiger partial charge is 0.381 e. The Balaban J connectivity index is 1.59. The number of amides is 1. The van der Waals surface area contributed by atoms with E-state index in [-0.39, 0.29) is 17.9 Å². The molecule has 2 fully saturated rings. The second-order valence-corrected chi connectivity index (χ2v) is 7.92. The quantitative estimate of drug-likeness (QED) is 0.774. The van der Waals surface area contributed by atoms with E-state index in [1.54, 1.807) is 0 Å². The number of hydrogen-bond donors (Lipinski definition) is 1. The summed E-state index contributed by atoms with van der Waals surface area (Å²) in [5.74, 6) is 0.958. The van der Waals surface area contributed by atoms with Gasteiger partial charge in [0.2, 0.25) is 5.91 Å². The third kappa shape index (κ3) is 4.58. The molecule has 5 heteroatoms. The monoisotopic (exact) mass is 335 g/mol. The maximum atomic E-state index is 12.7. The summed E-state index contributed by atoms with van der Waals surface area (Å²) in [7, 11) is 4.25. The normalized spacial score (nSPS) is 32.4. The number of allylic oxidation sites excluding steroid dienone is 2. The Morgan fingerprint density at radius 3 is 2.67 bits per heavy atom. The number of likely N-dealkylation sites (tertiary alicyclic amines) is 1. The summed E-state index contributed by atoms with van der Waals surface area (Å²) in [5.41, 5.74) is 0. The minimum absolute atomic E-state index is 0.173. The lowest BCUT2D eigenvalue weighted by Crippen LogP contribution is -2.46. The van der Waals surface area contributed by atoms with Crippen LogP contribution in [0.4, 0.5) is 0 Å². The Hall–Kier alpha value is -0.910. The lowest BCUT2D eigenvalue weighted by atomic mass is 9.92. The highest BCUT2D eigenvalue weighted by Crippen LogP contribution is 2.26. The summed E-state index contributed by atoms with van der Waals surface area (Å²) in [5, 5.41) is 3.40. The van der Waals surface area contributed by atoms with Crippen molar-refractivity contribution in [2.24, 2.45) is 11.8 Å². The van der Waals surface area contributed by atoms with Gasteiger partial charge in [0.1, 0.15) is 0 Å². The maximum Gasteiger partial charge on any atom is 0.223 e. The Kier molecular flexibility index (Phi) is 6.31. The molecule has 2 aliphatic heterocycles. The van der Waals surface area contributed by atoms with Crippen LogP contribution in [0.1, 0.15) is 32.1 Å². The van der Waals surface area contributed by atoms with Gasteiger partial charge in [0.15, 0.2) is 0 Å². The van der Waals surface area contributed by atoms with E-state index in [1.165, 1.54) is 0 Å². The minimum atomic E-state index is 0.173. The maximum absolute atomic E-state index is 12.7. The smallest absolute Gasteiger partial charge is 0.223 e. The van der Waals surface area contributed by atoms with Crippen LogP contribution in [0.25, 0.3) is 0 Å². The van der Waals surface area contributed by atoms with Crippen molar-refractivity contribution in [3.05, 3.63) is 12.2 Å². The van der Waals surface area contributed by atoms with Crippen molar-refractivity contribution in [3.63, 3.8) is 0 Å². The fourth-order valence-corrected chi connectivity index (χ4v) is 4.40. The van der Waals surface area contributed by atoms with Crippen LogP contribution in [0.15, 0.2) is 12.2 Å². The van der Waals surface area contributed by atoms with E-state index in [9.17, 15) is 4.79 Å². The van der Waals surface area contributed by atoms with Crippen molar-refractivity contribution in [2.45, 2.75) is 44.2 Å². The third-order valence-corrected chi connectivity index (χ3v) is 5.74. The Morgan fingerprint density at radius 1 is 1.21 bits per heavy atom. The molecule has 2 heterocycles. The van der Waals surface area contributed by atoms with Crippen molar-refractivity contribution in [1.29, 1.82) is 0 Å². The van der Waals surface area contributed by atoms with Crippen molar-refractivity contribution in [3.8, 4) is 0 Å². The average molecular weight is 335 g/mol. The zero-order valence-electron chi connectivity index (χ0n) is 15.2. The number of carbonyl (C=O) groups is 1. The van der Waals surface area contributed by atoms with E-state index < -0.39 is 0 Å². The zero-order chi connectivity index (χ0) is 16.9. The molecule has 3 rings (SSSR count). The van der Waals surface area contributed by atoms with Gasteiger partial charge < -0.3 is 15.0 Å². The van der Waals surface area contributed by atoms with Crippen molar-refractivity contribution in [1.82, 2.24) is 15.1 Å². The molecule has 1 unspecified atom stereocenters. The first kappa shape index (κ1) is 17.9. The van der Waals surface area contributed by atoms with Gasteiger partial charge in [0.25, 0.3) is 0 Å². The SMILES string of the molecule is CN(C)C[C@@H]1CN(C2CCOCC2)C[C@H]1NC(=O)C1CC=CCC1. The predicted molar refractivity (Wildman–Crippen MR) is 95.9 cm³/mol. The lowest BCUT2D eigenvalue weighted by Gasteiger charge is -2.31. The summed E-state index contributed by atoms with van der Waals surface area (Å²) in [6.07, 6.45) is 9.55. The molecule has 0 aromatic carbocycles. The highest BCUT2D eigenvalue weighted by molar-refractivity contribution is 5.79. The van der Waals surface area contributed by atoms with Gasteiger partial charge in [-0.3, -0.25) is 9.69 Å². The minimum Gasteiger partial charge on any atom is -0.381 e. The van der Waals surface area contributed by atoms with Crippen LogP contribution in [-0.2, 0) is 9.53 Å². The lowest BCUT2D eigenvalue weighted by molar-refractivity contribution is -0.126. The highest BCUT2D eigenvalue weighted by Gasteiger charge is 2.38. The first-order chi connectivity index (χ1) is 11.6. The number of rotatable bonds is 5. The Bertz CT molecular complexity index is 446. The average Bonchev–Trinajstić information content (AvgIpc) is 2.98. The Morgan fingerprint density at radius 2 is 2.00 bits per heavy atom. The molecule has 1 amide bonds. The fraction of sp³-hybridized carbons (Fsp3) is 0.842. The third-order valence-electron chi connectivity index (χ3n) is 5.74. The molecule has 2 saturated heterocycles. The molecule has 0 radical (unpaired) electrons. The first-order valence-corrected chi connectivity index (χ1v) is 9.55.